The Morgan fingerprint density at radius 1 is 1.20 bits per heavy atom. The first kappa shape index (κ1) is 16.2. The molecule has 0 bridgehead atoms. The third kappa shape index (κ3) is 5.00. The highest BCUT2D eigenvalue weighted by molar-refractivity contribution is 5.76. The van der Waals surface area contributed by atoms with Gasteiger partial charge in [0.2, 0.25) is 5.91 Å². The van der Waals surface area contributed by atoms with E-state index >= 15 is 0 Å². The molecule has 0 fully saturated rings. The Balaban J connectivity index is 2.56. The molecule has 1 amide bonds. The van der Waals surface area contributed by atoms with Crippen LogP contribution in [-0.4, -0.2) is 29.0 Å². The van der Waals surface area contributed by atoms with Crippen molar-refractivity contribution in [2.24, 2.45) is 5.84 Å². The van der Waals surface area contributed by atoms with Gasteiger partial charge in [-0.3, -0.25) is 4.79 Å². The summed E-state index contributed by atoms with van der Waals surface area (Å²) in [5.74, 6) is 6.85. The van der Waals surface area contributed by atoms with E-state index in [2.05, 4.69) is 33.0 Å². The molecule has 20 heavy (non-hydrogen) atoms. The van der Waals surface area contributed by atoms with Crippen molar-refractivity contribution in [1.82, 2.24) is 15.3 Å². The number of hydrogen-bond donors (Lipinski definition) is 4. The van der Waals surface area contributed by atoms with E-state index in [0.717, 1.165) is 30.6 Å². The maximum atomic E-state index is 11.5. The molecule has 7 heteroatoms. The van der Waals surface area contributed by atoms with Crippen LogP contribution < -0.4 is 21.9 Å². The summed E-state index contributed by atoms with van der Waals surface area (Å²) in [6, 6.07) is 0. The van der Waals surface area contributed by atoms with E-state index in [0.29, 0.717) is 25.3 Å². The van der Waals surface area contributed by atoms with Gasteiger partial charge in [-0.05, 0) is 12.8 Å². The van der Waals surface area contributed by atoms with Crippen molar-refractivity contribution in [3.05, 3.63) is 11.9 Å². The summed E-state index contributed by atoms with van der Waals surface area (Å²) in [7, 11) is 0. The number of nitrogens with zero attached hydrogens (tertiary/aromatic N) is 2. The summed E-state index contributed by atoms with van der Waals surface area (Å²) in [6.07, 6.45) is 4.60. The summed E-state index contributed by atoms with van der Waals surface area (Å²) in [5.41, 5.74) is 3.53. The van der Waals surface area contributed by atoms with E-state index in [1.807, 2.05) is 6.92 Å². The van der Waals surface area contributed by atoms with Crippen molar-refractivity contribution >= 4 is 17.5 Å². The largest absolute Gasteiger partial charge is 0.369 e. The molecule has 0 unspecified atom stereocenters. The number of aromatic nitrogens is 2. The van der Waals surface area contributed by atoms with E-state index in [4.69, 9.17) is 5.84 Å². The molecule has 0 radical (unpaired) electrons. The van der Waals surface area contributed by atoms with Gasteiger partial charge in [0.05, 0.1) is 0 Å². The monoisotopic (exact) mass is 280 g/mol. The van der Waals surface area contributed by atoms with E-state index in [1.165, 1.54) is 6.33 Å². The van der Waals surface area contributed by atoms with Crippen LogP contribution in [0.5, 0.6) is 0 Å². The third-order valence-corrected chi connectivity index (χ3v) is 2.80. The highest BCUT2D eigenvalue weighted by Gasteiger charge is 2.10. The van der Waals surface area contributed by atoms with E-state index in [-0.39, 0.29) is 5.91 Å². The first-order valence-corrected chi connectivity index (χ1v) is 7.03. The van der Waals surface area contributed by atoms with Crippen LogP contribution in [0.1, 0.15) is 38.7 Å². The van der Waals surface area contributed by atoms with E-state index in [1.54, 1.807) is 0 Å². The number of nitrogens with two attached hydrogens (primary N) is 1. The molecular formula is C13H24N6O. The molecule has 1 aromatic rings. The molecule has 1 heterocycles. The minimum absolute atomic E-state index is 0.0441. The number of hydrogen-bond acceptors (Lipinski definition) is 6. The Labute approximate surface area is 119 Å². The normalized spacial score (nSPS) is 10.2. The number of amides is 1. The van der Waals surface area contributed by atoms with Gasteiger partial charge in [-0.2, -0.15) is 0 Å². The smallest absolute Gasteiger partial charge is 0.221 e. The lowest BCUT2D eigenvalue weighted by Crippen LogP contribution is -2.26. The van der Waals surface area contributed by atoms with Crippen LogP contribution in [0.15, 0.2) is 6.33 Å². The first-order valence-electron chi connectivity index (χ1n) is 7.03. The number of anilines is 2. The predicted octanol–water partition coefficient (Wildman–Crippen LogP) is 1.04. The van der Waals surface area contributed by atoms with Crippen molar-refractivity contribution in [2.75, 3.05) is 23.8 Å². The average molecular weight is 280 g/mol. The molecule has 112 valence electrons. The molecular weight excluding hydrogens is 256 g/mol. The van der Waals surface area contributed by atoms with Gasteiger partial charge in [0.15, 0.2) is 0 Å². The van der Waals surface area contributed by atoms with Crippen LogP contribution in [-0.2, 0) is 11.2 Å². The third-order valence-electron chi connectivity index (χ3n) is 2.80. The van der Waals surface area contributed by atoms with Crippen molar-refractivity contribution in [3.63, 3.8) is 0 Å². The number of nitrogen functional groups attached to an aromatic ring is 1. The molecule has 0 aromatic carbocycles. The van der Waals surface area contributed by atoms with E-state index < -0.39 is 0 Å². The van der Waals surface area contributed by atoms with Crippen LogP contribution in [0.4, 0.5) is 11.6 Å². The highest BCUT2D eigenvalue weighted by atomic mass is 16.1. The van der Waals surface area contributed by atoms with Crippen LogP contribution in [0.25, 0.3) is 0 Å². The Kier molecular flexibility index (Phi) is 7.34. The van der Waals surface area contributed by atoms with Crippen molar-refractivity contribution < 1.29 is 4.79 Å². The fraction of sp³-hybridized carbons (Fsp3) is 0.615. The summed E-state index contributed by atoms with van der Waals surface area (Å²) < 4.78 is 0. The maximum Gasteiger partial charge on any atom is 0.221 e. The SMILES string of the molecule is CCCNC(=O)CCNc1ncnc(NN)c1CCC. The Hall–Kier alpha value is -1.89. The summed E-state index contributed by atoms with van der Waals surface area (Å²) in [6.45, 7) is 5.36. The molecule has 7 nitrogen and oxygen atoms in total. The Morgan fingerprint density at radius 3 is 2.60 bits per heavy atom. The molecule has 0 saturated heterocycles. The molecule has 0 aliphatic heterocycles. The lowest BCUT2D eigenvalue weighted by molar-refractivity contribution is -0.120. The second-order valence-corrected chi connectivity index (χ2v) is 4.47. The predicted molar refractivity (Wildman–Crippen MR) is 80.2 cm³/mol. The minimum atomic E-state index is 0.0441. The van der Waals surface area contributed by atoms with Gasteiger partial charge in [0.1, 0.15) is 18.0 Å². The minimum Gasteiger partial charge on any atom is -0.369 e. The van der Waals surface area contributed by atoms with Gasteiger partial charge in [0.25, 0.3) is 0 Å². The Bertz CT molecular complexity index is 423. The Morgan fingerprint density at radius 2 is 1.95 bits per heavy atom. The summed E-state index contributed by atoms with van der Waals surface area (Å²) >= 11 is 0. The second-order valence-electron chi connectivity index (χ2n) is 4.47. The molecule has 1 rings (SSSR count). The molecule has 0 aliphatic carbocycles. The number of carbonyl (C=O) groups excluding carboxylic acids is 1. The van der Waals surface area contributed by atoms with Crippen LogP contribution in [0, 0.1) is 0 Å². The van der Waals surface area contributed by atoms with Crippen molar-refractivity contribution in [2.45, 2.75) is 39.5 Å². The zero-order valence-electron chi connectivity index (χ0n) is 12.2. The fourth-order valence-electron chi connectivity index (χ4n) is 1.82. The molecule has 0 saturated carbocycles. The van der Waals surface area contributed by atoms with Gasteiger partial charge >= 0.3 is 0 Å². The van der Waals surface area contributed by atoms with Crippen LogP contribution in [0.2, 0.25) is 0 Å². The van der Waals surface area contributed by atoms with Gasteiger partial charge in [-0.25, -0.2) is 15.8 Å². The fourth-order valence-corrected chi connectivity index (χ4v) is 1.82. The number of rotatable bonds is 9. The lowest BCUT2D eigenvalue weighted by atomic mass is 10.1. The van der Waals surface area contributed by atoms with Gasteiger partial charge in [-0.1, -0.05) is 20.3 Å². The van der Waals surface area contributed by atoms with Gasteiger partial charge in [-0.15, -0.1) is 0 Å². The zero-order valence-corrected chi connectivity index (χ0v) is 12.2. The van der Waals surface area contributed by atoms with Gasteiger partial charge < -0.3 is 16.1 Å². The second kappa shape index (κ2) is 9.08. The topological polar surface area (TPSA) is 105 Å². The number of nitrogens with one attached hydrogen (secondary N) is 3. The molecule has 0 aliphatic rings. The highest BCUT2D eigenvalue weighted by Crippen LogP contribution is 2.20. The molecule has 5 N–H and O–H groups in total. The number of carbonyl (C=O) groups is 1. The summed E-state index contributed by atoms with van der Waals surface area (Å²) in [4.78, 5) is 19.8. The molecule has 1 aromatic heterocycles. The van der Waals surface area contributed by atoms with Gasteiger partial charge in [0, 0.05) is 25.1 Å². The van der Waals surface area contributed by atoms with E-state index in [9.17, 15) is 4.79 Å². The quantitative estimate of drug-likeness (QED) is 0.398. The van der Waals surface area contributed by atoms with Crippen LogP contribution >= 0.6 is 0 Å². The van der Waals surface area contributed by atoms with Crippen molar-refractivity contribution in [1.29, 1.82) is 0 Å². The average Bonchev–Trinajstić information content (AvgIpc) is 2.46. The van der Waals surface area contributed by atoms with Crippen molar-refractivity contribution in [3.8, 4) is 0 Å². The number of hydrazine groups is 1. The standard InChI is InChI=1S/C13H24N6O/c1-3-5-10-12(17-9-18-13(10)19-14)16-8-6-11(20)15-7-4-2/h9H,3-8,14H2,1-2H3,(H,15,20)(H2,16,17,18,19). The lowest BCUT2D eigenvalue weighted by Gasteiger charge is -2.13. The molecule has 0 spiro atoms. The first-order chi connectivity index (χ1) is 9.72. The van der Waals surface area contributed by atoms with Crippen LogP contribution in [0.3, 0.4) is 0 Å². The zero-order chi connectivity index (χ0) is 14.8. The maximum absolute atomic E-state index is 11.5. The summed E-state index contributed by atoms with van der Waals surface area (Å²) in [5, 5.41) is 6.01. The molecule has 0 atom stereocenters.